The van der Waals surface area contributed by atoms with Crippen molar-refractivity contribution in [1.82, 2.24) is 4.90 Å². The van der Waals surface area contributed by atoms with Crippen LogP contribution >= 0.6 is 0 Å². The normalized spacial score (nSPS) is 25.7. The van der Waals surface area contributed by atoms with E-state index in [9.17, 15) is 0 Å². The Morgan fingerprint density at radius 3 is 2.57 bits per heavy atom. The van der Waals surface area contributed by atoms with Crippen LogP contribution in [0.1, 0.15) is 27.2 Å². The maximum Gasteiger partial charge on any atom is 0.0991 e. The van der Waals surface area contributed by atoms with Gasteiger partial charge in [-0.1, -0.05) is 20.8 Å². The number of hydrogen-bond acceptors (Lipinski definition) is 2. The average Bonchev–Trinajstić information content (AvgIpc) is 2.45. The van der Waals surface area contributed by atoms with Gasteiger partial charge >= 0.3 is 0 Å². The van der Waals surface area contributed by atoms with Gasteiger partial charge in [-0.25, -0.2) is 0 Å². The summed E-state index contributed by atoms with van der Waals surface area (Å²) in [6, 6.07) is 0. The molecular formula is C11H23N3. The molecule has 0 aromatic heterocycles. The molecule has 0 aliphatic carbocycles. The zero-order chi connectivity index (χ0) is 10.8. The number of amidine groups is 1. The van der Waals surface area contributed by atoms with Gasteiger partial charge < -0.3 is 10.6 Å². The van der Waals surface area contributed by atoms with Gasteiger partial charge in [0.1, 0.15) is 0 Å². The van der Waals surface area contributed by atoms with Crippen LogP contribution in [0.25, 0.3) is 0 Å². The first kappa shape index (κ1) is 11.5. The van der Waals surface area contributed by atoms with Crippen molar-refractivity contribution in [2.45, 2.75) is 27.2 Å². The molecule has 0 saturated carbocycles. The third kappa shape index (κ3) is 3.29. The van der Waals surface area contributed by atoms with Gasteiger partial charge in [0.05, 0.1) is 5.84 Å². The lowest BCUT2D eigenvalue weighted by Gasteiger charge is -2.18. The molecule has 0 radical (unpaired) electrons. The molecule has 14 heavy (non-hydrogen) atoms. The molecule has 3 nitrogen and oxygen atoms in total. The van der Waals surface area contributed by atoms with Gasteiger partial charge in [-0.15, -0.1) is 0 Å². The Kier molecular flexibility index (Phi) is 3.53. The minimum absolute atomic E-state index is 0.0184. The van der Waals surface area contributed by atoms with Crippen molar-refractivity contribution in [2.75, 3.05) is 26.7 Å². The van der Waals surface area contributed by atoms with Crippen LogP contribution < -0.4 is 5.73 Å². The highest BCUT2D eigenvalue weighted by Crippen LogP contribution is 2.17. The van der Waals surface area contributed by atoms with Crippen molar-refractivity contribution in [3.63, 3.8) is 0 Å². The van der Waals surface area contributed by atoms with Gasteiger partial charge in [0.2, 0.25) is 0 Å². The summed E-state index contributed by atoms with van der Waals surface area (Å²) < 4.78 is 0. The first-order valence-electron chi connectivity index (χ1n) is 5.38. The van der Waals surface area contributed by atoms with Crippen LogP contribution in [0.2, 0.25) is 0 Å². The zero-order valence-corrected chi connectivity index (χ0v) is 9.88. The van der Waals surface area contributed by atoms with Gasteiger partial charge in [0, 0.05) is 18.5 Å². The summed E-state index contributed by atoms with van der Waals surface area (Å²) in [5, 5.41) is 0. The SMILES string of the molecule is CN1CCC(CN=C(N)C(C)(C)C)C1. The molecule has 3 heteroatoms. The molecule has 1 unspecified atom stereocenters. The molecule has 0 aromatic carbocycles. The van der Waals surface area contributed by atoms with Crippen molar-refractivity contribution in [1.29, 1.82) is 0 Å². The lowest BCUT2D eigenvalue weighted by Crippen LogP contribution is -2.30. The van der Waals surface area contributed by atoms with E-state index in [1.807, 2.05) is 0 Å². The average molecular weight is 197 g/mol. The topological polar surface area (TPSA) is 41.6 Å². The van der Waals surface area contributed by atoms with E-state index in [2.05, 4.69) is 37.7 Å². The van der Waals surface area contributed by atoms with Crippen LogP contribution in [0.3, 0.4) is 0 Å². The second kappa shape index (κ2) is 4.30. The molecule has 82 valence electrons. The summed E-state index contributed by atoms with van der Waals surface area (Å²) in [4.78, 5) is 6.83. The largest absolute Gasteiger partial charge is 0.387 e. The number of nitrogens with zero attached hydrogens (tertiary/aromatic N) is 2. The van der Waals surface area contributed by atoms with Gasteiger partial charge in [-0.3, -0.25) is 4.99 Å². The predicted octanol–water partition coefficient (Wildman–Crippen LogP) is 1.34. The smallest absolute Gasteiger partial charge is 0.0991 e. The Balaban J connectivity index is 2.39. The maximum atomic E-state index is 5.90. The van der Waals surface area contributed by atoms with E-state index in [0.29, 0.717) is 5.92 Å². The van der Waals surface area contributed by atoms with Gasteiger partial charge in [-0.05, 0) is 25.9 Å². The summed E-state index contributed by atoms with van der Waals surface area (Å²) >= 11 is 0. The Morgan fingerprint density at radius 2 is 2.14 bits per heavy atom. The third-order valence-electron chi connectivity index (χ3n) is 2.78. The van der Waals surface area contributed by atoms with Crippen LogP contribution in [0.5, 0.6) is 0 Å². The first-order chi connectivity index (χ1) is 6.39. The van der Waals surface area contributed by atoms with Crippen LogP contribution in [-0.2, 0) is 0 Å². The summed E-state index contributed by atoms with van der Waals surface area (Å²) in [6.07, 6.45) is 1.26. The Hall–Kier alpha value is -0.570. The monoisotopic (exact) mass is 197 g/mol. The maximum absolute atomic E-state index is 5.90. The fraction of sp³-hybridized carbons (Fsp3) is 0.909. The van der Waals surface area contributed by atoms with Crippen LogP contribution in [-0.4, -0.2) is 37.4 Å². The highest BCUT2D eigenvalue weighted by atomic mass is 15.1. The van der Waals surface area contributed by atoms with Gasteiger partial charge in [0.25, 0.3) is 0 Å². The molecule has 0 bridgehead atoms. The number of rotatable bonds is 2. The molecule has 1 aliphatic heterocycles. The molecule has 0 aromatic rings. The fourth-order valence-corrected chi connectivity index (χ4v) is 1.64. The summed E-state index contributed by atoms with van der Waals surface area (Å²) in [5.74, 6) is 1.49. The standard InChI is InChI=1S/C11H23N3/c1-11(2,3)10(12)13-7-9-5-6-14(4)8-9/h9H,5-8H2,1-4H3,(H2,12,13). The minimum Gasteiger partial charge on any atom is -0.387 e. The molecule has 1 atom stereocenters. The Bertz CT molecular complexity index is 215. The molecular weight excluding hydrogens is 174 g/mol. The summed E-state index contributed by atoms with van der Waals surface area (Å²) in [7, 11) is 2.16. The van der Waals surface area contributed by atoms with E-state index in [1.54, 1.807) is 0 Å². The zero-order valence-electron chi connectivity index (χ0n) is 9.88. The highest BCUT2D eigenvalue weighted by Gasteiger charge is 2.20. The summed E-state index contributed by atoms with van der Waals surface area (Å²) in [6.45, 7) is 9.58. The number of likely N-dealkylation sites (tertiary alicyclic amines) is 1. The van der Waals surface area contributed by atoms with Crippen molar-refractivity contribution >= 4 is 5.84 Å². The lowest BCUT2D eigenvalue weighted by molar-refractivity contribution is 0.397. The van der Waals surface area contributed by atoms with E-state index >= 15 is 0 Å². The number of hydrogen-bond donors (Lipinski definition) is 1. The van der Waals surface area contributed by atoms with E-state index < -0.39 is 0 Å². The molecule has 2 N–H and O–H groups in total. The predicted molar refractivity (Wildman–Crippen MR) is 61.5 cm³/mol. The second-order valence-corrected chi connectivity index (χ2v) is 5.39. The second-order valence-electron chi connectivity index (χ2n) is 5.39. The van der Waals surface area contributed by atoms with Crippen molar-refractivity contribution in [3.05, 3.63) is 0 Å². The number of aliphatic imine (C=N–C) groups is 1. The Labute approximate surface area is 87.4 Å². The van der Waals surface area contributed by atoms with Crippen molar-refractivity contribution < 1.29 is 0 Å². The van der Waals surface area contributed by atoms with Crippen LogP contribution in [0.4, 0.5) is 0 Å². The van der Waals surface area contributed by atoms with E-state index in [4.69, 9.17) is 5.73 Å². The minimum atomic E-state index is 0.0184. The summed E-state index contributed by atoms with van der Waals surface area (Å²) in [5.41, 5.74) is 5.92. The molecule has 1 fully saturated rings. The molecule has 1 saturated heterocycles. The van der Waals surface area contributed by atoms with E-state index in [1.165, 1.54) is 19.5 Å². The van der Waals surface area contributed by atoms with Gasteiger partial charge in [-0.2, -0.15) is 0 Å². The van der Waals surface area contributed by atoms with E-state index in [-0.39, 0.29) is 5.41 Å². The molecule has 1 heterocycles. The highest BCUT2D eigenvalue weighted by molar-refractivity contribution is 5.85. The van der Waals surface area contributed by atoms with Gasteiger partial charge in [0.15, 0.2) is 0 Å². The van der Waals surface area contributed by atoms with Crippen LogP contribution in [0, 0.1) is 11.3 Å². The molecule has 0 amide bonds. The lowest BCUT2D eigenvalue weighted by atomic mass is 9.95. The fourth-order valence-electron chi connectivity index (χ4n) is 1.64. The molecule has 1 aliphatic rings. The van der Waals surface area contributed by atoms with Crippen molar-refractivity contribution in [3.8, 4) is 0 Å². The Morgan fingerprint density at radius 1 is 1.50 bits per heavy atom. The van der Waals surface area contributed by atoms with Crippen molar-refractivity contribution in [2.24, 2.45) is 22.1 Å². The third-order valence-corrected chi connectivity index (χ3v) is 2.78. The molecule has 0 spiro atoms. The van der Waals surface area contributed by atoms with E-state index in [0.717, 1.165) is 12.4 Å². The molecule has 1 rings (SSSR count). The van der Waals surface area contributed by atoms with Crippen LogP contribution in [0.15, 0.2) is 4.99 Å². The first-order valence-corrected chi connectivity index (χ1v) is 5.38. The quantitative estimate of drug-likeness (QED) is 0.536. The number of nitrogens with two attached hydrogens (primary N) is 1.